The third-order valence-electron chi connectivity index (χ3n) is 2.52. The summed E-state index contributed by atoms with van der Waals surface area (Å²) in [6, 6.07) is 0. The lowest BCUT2D eigenvalue weighted by atomic mass is 9.97. The zero-order chi connectivity index (χ0) is 11.0. The molecule has 0 heterocycles. The number of halogens is 1. The summed E-state index contributed by atoms with van der Waals surface area (Å²) in [4.78, 5) is 11.5. The Hall–Kier alpha value is -0.0500. The molecule has 0 rings (SSSR count). The zero-order valence-electron chi connectivity index (χ0n) is 9.48. The van der Waals surface area contributed by atoms with Gasteiger partial charge in [-0.15, -0.1) is 0 Å². The number of alkyl halides is 1. The molecule has 0 fully saturated rings. The van der Waals surface area contributed by atoms with Crippen LogP contribution in [0.2, 0.25) is 0 Å². The van der Waals surface area contributed by atoms with Gasteiger partial charge in [0.25, 0.3) is 0 Å². The summed E-state index contributed by atoms with van der Waals surface area (Å²) in [5.74, 6) is 0.752. The Morgan fingerprint density at radius 1 is 1.21 bits per heavy atom. The van der Waals surface area contributed by atoms with E-state index in [0.29, 0.717) is 5.92 Å². The molecule has 1 unspecified atom stereocenters. The Kier molecular flexibility index (Phi) is 8.24. The fraction of sp³-hybridized carbons (Fsp3) is 0.909. The monoisotopic (exact) mass is 263 g/mol. The summed E-state index contributed by atoms with van der Waals surface area (Å²) in [7, 11) is 0. The van der Waals surface area contributed by atoms with E-state index in [0.717, 1.165) is 18.3 Å². The minimum Gasteiger partial charge on any atom is -0.356 e. The van der Waals surface area contributed by atoms with Crippen molar-refractivity contribution >= 4 is 21.8 Å². The molecule has 0 spiro atoms. The SMILES string of the molecule is CC(C)C(C)C(=O)NCCCCCBr. The van der Waals surface area contributed by atoms with E-state index in [1.807, 2.05) is 6.92 Å². The van der Waals surface area contributed by atoms with E-state index < -0.39 is 0 Å². The van der Waals surface area contributed by atoms with Crippen molar-refractivity contribution in [2.24, 2.45) is 11.8 Å². The molecule has 14 heavy (non-hydrogen) atoms. The van der Waals surface area contributed by atoms with Crippen LogP contribution in [0.1, 0.15) is 40.0 Å². The predicted molar refractivity (Wildman–Crippen MR) is 64.7 cm³/mol. The van der Waals surface area contributed by atoms with Gasteiger partial charge in [-0.05, 0) is 18.8 Å². The highest BCUT2D eigenvalue weighted by atomic mass is 79.9. The van der Waals surface area contributed by atoms with E-state index >= 15 is 0 Å². The molecule has 0 saturated heterocycles. The second-order valence-corrected chi connectivity index (χ2v) is 4.87. The van der Waals surface area contributed by atoms with Gasteiger partial charge in [0.2, 0.25) is 5.91 Å². The Bertz CT molecular complexity index is 159. The summed E-state index contributed by atoms with van der Waals surface area (Å²) < 4.78 is 0. The van der Waals surface area contributed by atoms with Crippen LogP contribution in [-0.4, -0.2) is 17.8 Å². The van der Waals surface area contributed by atoms with Crippen LogP contribution in [0.15, 0.2) is 0 Å². The maximum Gasteiger partial charge on any atom is 0.223 e. The topological polar surface area (TPSA) is 29.1 Å². The maximum absolute atomic E-state index is 11.5. The van der Waals surface area contributed by atoms with E-state index in [1.54, 1.807) is 0 Å². The molecule has 2 nitrogen and oxygen atoms in total. The van der Waals surface area contributed by atoms with Gasteiger partial charge in [-0.3, -0.25) is 4.79 Å². The Morgan fingerprint density at radius 2 is 1.86 bits per heavy atom. The molecule has 3 heteroatoms. The van der Waals surface area contributed by atoms with Crippen molar-refractivity contribution in [2.75, 3.05) is 11.9 Å². The molecule has 0 saturated carbocycles. The predicted octanol–water partition coefficient (Wildman–Crippen LogP) is 2.96. The van der Waals surface area contributed by atoms with Crippen molar-refractivity contribution in [3.8, 4) is 0 Å². The molecule has 0 aliphatic rings. The van der Waals surface area contributed by atoms with E-state index in [4.69, 9.17) is 0 Å². The first-order valence-corrected chi connectivity index (χ1v) is 6.55. The number of unbranched alkanes of at least 4 members (excludes halogenated alkanes) is 2. The van der Waals surface area contributed by atoms with Gasteiger partial charge in [-0.25, -0.2) is 0 Å². The highest BCUT2D eigenvalue weighted by Gasteiger charge is 2.15. The molecule has 0 aromatic rings. The highest BCUT2D eigenvalue weighted by Crippen LogP contribution is 2.09. The first kappa shape index (κ1) is 13.9. The third kappa shape index (κ3) is 6.41. The first-order valence-electron chi connectivity index (χ1n) is 5.43. The molecule has 0 aliphatic carbocycles. The van der Waals surface area contributed by atoms with Crippen molar-refractivity contribution in [1.29, 1.82) is 0 Å². The van der Waals surface area contributed by atoms with Crippen LogP contribution < -0.4 is 5.32 Å². The van der Waals surface area contributed by atoms with Gasteiger partial charge in [-0.1, -0.05) is 43.1 Å². The average Bonchev–Trinajstić information content (AvgIpc) is 2.16. The van der Waals surface area contributed by atoms with Crippen molar-refractivity contribution < 1.29 is 4.79 Å². The van der Waals surface area contributed by atoms with Crippen LogP contribution in [0.4, 0.5) is 0 Å². The highest BCUT2D eigenvalue weighted by molar-refractivity contribution is 9.09. The third-order valence-corrected chi connectivity index (χ3v) is 3.08. The van der Waals surface area contributed by atoms with Crippen molar-refractivity contribution in [1.82, 2.24) is 5.32 Å². The van der Waals surface area contributed by atoms with Gasteiger partial charge in [-0.2, -0.15) is 0 Å². The second kappa shape index (κ2) is 8.27. The van der Waals surface area contributed by atoms with E-state index in [1.165, 1.54) is 12.8 Å². The molecule has 84 valence electrons. The van der Waals surface area contributed by atoms with Crippen LogP contribution in [-0.2, 0) is 4.79 Å². The van der Waals surface area contributed by atoms with Crippen molar-refractivity contribution in [3.05, 3.63) is 0 Å². The minimum atomic E-state index is 0.131. The summed E-state index contributed by atoms with van der Waals surface area (Å²) in [6.45, 7) is 6.96. The van der Waals surface area contributed by atoms with Crippen LogP contribution in [0.3, 0.4) is 0 Å². The number of hydrogen-bond donors (Lipinski definition) is 1. The van der Waals surface area contributed by atoms with E-state index in [-0.39, 0.29) is 11.8 Å². The molecule has 0 aromatic carbocycles. The smallest absolute Gasteiger partial charge is 0.223 e. The normalized spacial score (nSPS) is 12.9. The molecule has 0 radical (unpaired) electrons. The molecule has 0 aromatic heterocycles. The number of hydrogen-bond acceptors (Lipinski definition) is 1. The fourth-order valence-electron chi connectivity index (χ4n) is 1.07. The lowest BCUT2D eigenvalue weighted by Crippen LogP contribution is -2.32. The van der Waals surface area contributed by atoms with E-state index in [2.05, 4.69) is 35.1 Å². The Morgan fingerprint density at radius 3 is 2.36 bits per heavy atom. The van der Waals surface area contributed by atoms with E-state index in [9.17, 15) is 4.79 Å². The number of amides is 1. The van der Waals surface area contributed by atoms with Crippen LogP contribution in [0, 0.1) is 11.8 Å². The summed E-state index contributed by atoms with van der Waals surface area (Å²) in [5.41, 5.74) is 0. The minimum absolute atomic E-state index is 0.131. The van der Waals surface area contributed by atoms with Gasteiger partial charge in [0.05, 0.1) is 0 Å². The van der Waals surface area contributed by atoms with Crippen molar-refractivity contribution in [2.45, 2.75) is 40.0 Å². The summed E-state index contributed by atoms with van der Waals surface area (Å²) in [5, 5.41) is 4.03. The van der Waals surface area contributed by atoms with Gasteiger partial charge >= 0.3 is 0 Å². The molecular weight excluding hydrogens is 242 g/mol. The van der Waals surface area contributed by atoms with Gasteiger partial charge in [0.1, 0.15) is 0 Å². The number of carbonyl (C=O) groups excluding carboxylic acids is 1. The second-order valence-electron chi connectivity index (χ2n) is 4.07. The lowest BCUT2D eigenvalue weighted by molar-refractivity contribution is -0.125. The number of carbonyl (C=O) groups is 1. The molecule has 1 atom stereocenters. The van der Waals surface area contributed by atoms with Crippen LogP contribution >= 0.6 is 15.9 Å². The van der Waals surface area contributed by atoms with Crippen LogP contribution in [0.5, 0.6) is 0 Å². The Balaban J connectivity index is 3.44. The van der Waals surface area contributed by atoms with Crippen molar-refractivity contribution in [3.63, 3.8) is 0 Å². The molecule has 0 aliphatic heterocycles. The van der Waals surface area contributed by atoms with Gasteiger partial charge in [0.15, 0.2) is 0 Å². The molecule has 0 bridgehead atoms. The summed E-state index contributed by atoms with van der Waals surface area (Å²) >= 11 is 3.39. The fourth-order valence-corrected chi connectivity index (χ4v) is 1.47. The molecule has 1 N–H and O–H groups in total. The van der Waals surface area contributed by atoms with Gasteiger partial charge < -0.3 is 5.32 Å². The number of rotatable bonds is 7. The largest absolute Gasteiger partial charge is 0.356 e. The zero-order valence-corrected chi connectivity index (χ0v) is 11.1. The first-order chi connectivity index (χ1) is 6.59. The maximum atomic E-state index is 11.5. The molecule has 1 amide bonds. The Labute approximate surface area is 96.0 Å². The number of nitrogens with one attached hydrogen (secondary N) is 1. The van der Waals surface area contributed by atoms with Crippen LogP contribution in [0.25, 0.3) is 0 Å². The molecular formula is C11H22BrNO. The van der Waals surface area contributed by atoms with Gasteiger partial charge in [0, 0.05) is 17.8 Å². The lowest BCUT2D eigenvalue weighted by Gasteiger charge is -2.15. The standard InChI is InChI=1S/C11H22BrNO/c1-9(2)10(3)11(14)13-8-6-4-5-7-12/h9-10H,4-8H2,1-3H3,(H,13,14). The summed E-state index contributed by atoms with van der Waals surface area (Å²) in [6.07, 6.45) is 3.46. The average molecular weight is 264 g/mol. The quantitative estimate of drug-likeness (QED) is 0.556.